The molecule has 0 atom stereocenters. The Bertz CT molecular complexity index is 1000. The second kappa shape index (κ2) is 3.43. The first-order valence-electron chi connectivity index (χ1n) is 5.91. The Kier molecular flexibility index (Phi) is 1.93. The van der Waals surface area contributed by atoms with Crippen LogP contribution in [0.25, 0.3) is 32.3 Å². The zero-order valence-corrected chi connectivity index (χ0v) is 10.5. The lowest BCUT2D eigenvalue weighted by molar-refractivity contribution is 0.108. The molecule has 0 aliphatic rings. The largest absolute Gasteiger partial charge is 0.289 e. The van der Waals surface area contributed by atoms with Crippen molar-refractivity contribution in [3.05, 3.63) is 58.3 Å². The second-order valence-corrected chi connectivity index (χ2v) is 5.04. The topological polar surface area (TPSA) is 34.1 Å². The molecule has 4 aromatic rings. The standard InChI is InChI=1S/C16H7ClO2/c17-16(19)10-6-9-5-4-8-2-1-3-11-13(8)14(9)12(7-10)15(11)18/h1-7H. The van der Waals surface area contributed by atoms with Crippen LogP contribution in [0.3, 0.4) is 0 Å². The highest BCUT2D eigenvalue weighted by molar-refractivity contribution is 6.68. The Morgan fingerprint density at radius 3 is 2.42 bits per heavy atom. The van der Waals surface area contributed by atoms with Crippen LogP contribution in [0, 0.1) is 0 Å². The van der Waals surface area contributed by atoms with E-state index in [-0.39, 0.29) is 5.43 Å². The van der Waals surface area contributed by atoms with Gasteiger partial charge in [0, 0.05) is 27.1 Å². The van der Waals surface area contributed by atoms with Gasteiger partial charge in [-0.1, -0.05) is 30.3 Å². The Morgan fingerprint density at radius 1 is 0.895 bits per heavy atom. The summed E-state index contributed by atoms with van der Waals surface area (Å²) < 4.78 is 0. The van der Waals surface area contributed by atoms with Gasteiger partial charge in [0.15, 0.2) is 5.43 Å². The monoisotopic (exact) mass is 266 g/mol. The second-order valence-electron chi connectivity index (χ2n) is 4.69. The van der Waals surface area contributed by atoms with Crippen molar-refractivity contribution >= 4 is 49.2 Å². The van der Waals surface area contributed by atoms with Crippen molar-refractivity contribution in [3.63, 3.8) is 0 Å². The van der Waals surface area contributed by atoms with Crippen LogP contribution in [0.2, 0.25) is 0 Å². The summed E-state index contributed by atoms with van der Waals surface area (Å²) in [7, 11) is 0. The first-order chi connectivity index (χ1) is 9.16. The lowest BCUT2D eigenvalue weighted by Crippen LogP contribution is -1.96. The van der Waals surface area contributed by atoms with E-state index >= 15 is 0 Å². The van der Waals surface area contributed by atoms with E-state index in [1.807, 2.05) is 30.3 Å². The van der Waals surface area contributed by atoms with Crippen molar-refractivity contribution in [1.29, 1.82) is 0 Å². The number of hydrogen-bond donors (Lipinski definition) is 0. The molecule has 0 aromatic heterocycles. The van der Waals surface area contributed by atoms with Crippen molar-refractivity contribution in [3.8, 4) is 0 Å². The highest BCUT2D eigenvalue weighted by atomic mass is 35.5. The molecule has 0 aliphatic carbocycles. The summed E-state index contributed by atoms with van der Waals surface area (Å²) in [6, 6.07) is 12.9. The van der Waals surface area contributed by atoms with E-state index in [0.29, 0.717) is 16.3 Å². The summed E-state index contributed by atoms with van der Waals surface area (Å²) in [5.41, 5.74) is 0.334. The molecule has 0 bridgehead atoms. The number of rotatable bonds is 1. The van der Waals surface area contributed by atoms with Gasteiger partial charge in [-0.3, -0.25) is 9.59 Å². The number of carbonyl (C=O) groups is 1. The lowest BCUT2D eigenvalue weighted by atomic mass is 10.0. The van der Waals surface area contributed by atoms with Crippen molar-refractivity contribution in [2.24, 2.45) is 0 Å². The van der Waals surface area contributed by atoms with E-state index in [9.17, 15) is 9.59 Å². The fraction of sp³-hybridized carbons (Fsp3) is 0. The molecule has 0 N–H and O–H groups in total. The SMILES string of the molecule is O=C(Cl)c1cc2ccc3cccc4c(=O)c(c1)c2c34. The maximum Gasteiger partial charge on any atom is 0.252 e. The van der Waals surface area contributed by atoms with Crippen LogP contribution in [0.4, 0.5) is 0 Å². The van der Waals surface area contributed by atoms with Gasteiger partial charge < -0.3 is 0 Å². The number of hydrogen-bond acceptors (Lipinski definition) is 2. The van der Waals surface area contributed by atoms with Gasteiger partial charge in [-0.2, -0.15) is 0 Å². The van der Waals surface area contributed by atoms with Crippen LogP contribution in [0.1, 0.15) is 10.4 Å². The molecule has 0 fully saturated rings. The summed E-state index contributed by atoms with van der Waals surface area (Å²) in [5, 5.41) is 4.58. The summed E-state index contributed by atoms with van der Waals surface area (Å²) in [4.78, 5) is 23.8. The maximum atomic E-state index is 12.4. The molecule has 0 aliphatic heterocycles. The van der Waals surface area contributed by atoms with Crippen LogP contribution in [-0.2, 0) is 0 Å². The van der Waals surface area contributed by atoms with Gasteiger partial charge in [0.05, 0.1) is 0 Å². The molecule has 4 aromatic carbocycles. The molecule has 0 amide bonds. The molecule has 0 radical (unpaired) electrons. The first kappa shape index (κ1) is 10.7. The summed E-state index contributed by atoms with van der Waals surface area (Å²) >= 11 is 5.53. The van der Waals surface area contributed by atoms with Crippen molar-refractivity contribution in [2.45, 2.75) is 0 Å². The smallest absolute Gasteiger partial charge is 0.252 e. The Hall–Kier alpha value is -2.19. The van der Waals surface area contributed by atoms with E-state index in [1.165, 1.54) is 0 Å². The zero-order chi connectivity index (χ0) is 13.1. The van der Waals surface area contributed by atoms with Gasteiger partial charge >= 0.3 is 0 Å². The fourth-order valence-electron chi connectivity index (χ4n) is 2.87. The predicted octanol–water partition coefficient (Wildman–Crippen LogP) is 3.76. The van der Waals surface area contributed by atoms with Gasteiger partial charge in [0.1, 0.15) is 0 Å². The van der Waals surface area contributed by atoms with Crippen molar-refractivity contribution < 1.29 is 4.79 Å². The van der Waals surface area contributed by atoms with E-state index in [0.717, 1.165) is 21.5 Å². The van der Waals surface area contributed by atoms with Gasteiger partial charge in [-0.25, -0.2) is 0 Å². The third kappa shape index (κ3) is 1.27. The summed E-state index contributed by atoms with van der Waals surface area (Å²) in [6.45, 7) is 0. The molecule has 0 saturated heterocycles. The normalized spacial score (nSPS) is 11.8. The average molecular weight is 267 g/mol. The Labute approximate surface area is 112 Å². The minimum Gasteiger partial charge on any atom is -0.289 e. The molecule has 0 saturated carbocycles. The average Bonchev–Trinajstić information content (AvgIpc) is 2.71. The Balaban J connectivity index is 2.41. The fourth-order valence-corrected chi connectivity index (χ4v) is 2.98. The minimum absolute atomic E-state index is 0.0310. The first-order valence-corrected chi connectivity index (χ1v) is 6.28. The molecule has 90 valence electrons. The van der Waals surface area contributed by atoms with Crippen LogP contribution in [0.5, 0.6) is 0 Å². The minimum atomic E-state index is -0.540. The van der Waals surface area contributed by atoms with Crippen LogP contribution >= 0.6 is 11.6 Å². The van der Waals surface area contributed by atoms with Crippen LogP contribution in [0.15, 0.2) is 47.3 Å². The number of benzene rings is 3. The van der Waals surface area contributed by atoms with E-state index in [4.69, 9.17) is 11.6 Å². The molecule has 0 heterocycles. The molecule has 3 heteroatoms. The van der Waals surface area contributed by atoms with Crippen LogP contribution < -0.4 is 5.43 Å². The highest BCUT2D eigenvalue weighted by Crippen LogP contribution is 2.34. The molecule has 0 unspecified atom stereocenters. The van der Waals surface area contributed by atoms with Crippen molar-refractivity contribution in [1.82, 2.24) is 0 Å². The highest BCUT2D eigenvalue weighted by Gasteiger charge is 2.16. The number of halogens is 1. The van der Waals surface area contributed by atoms with Gasteiger partial charge in [0.25, 0.3) is 5.24 Å². The van der Waals surface area contributed by atoms with E-state index in [1.54, 1.807) is 12.1 Å². The van der Waals surface area contributed by atoms with Gasteiger partial charge in [-0.05, 0) is 34.5 Å². The maximum absolute atomic E-state index is 12.4. The lowest BCUT2D eigenvalue weighted by Gasteiger charge is -2.03. The summed E-state index contributed by atoms with van der Waals surface area (Å²) in [5.74, 6) is 0. The molecule has 19 heavy (non-hydrogen) atoms. The molecule has 0 spiro atoms. The molecule has 4 rings (SSSR count). The number of carbonyl (C=O) groups excluding carboxylic acids is 1. The molecular formula is C16H7ClO2. The Morgan fingerprint density at radius 2 is 1.63 bits per heavy atom. The third-order valence-corrected chi connectivity index (χ3v) is 3.89. The van der Waals surface area contributed by atoms with E-state index in [2.05, 4.69) is 0 Å². The zero-order valence-electron chi connectivity index (χ0n) is 9.74. The van der Waals surface area contributed by atoms with E-state index < -0.39 is 5.24 Å². The van der Waals surface area contributed by atoms with Crippen LogP contribution in [-0.4, -0.2) is 5.24 Å². The van der Waals surface area contributed by atoms with Gasteiger partial charge in [0.2, 0.25) is 0 Å². The third-order valence-electron chi connectivity index (χ3n) is 3.67. The molecular weight excluding hydrogens is 260 g/mol. The predicted molar refractivity (Wildman–Crippen MR) is 77.8 cm³/mol. The summed E-state index contributed by atoms with van der Waals surface area (Å²) in [6.07, 6.45) is 0. The quantitative estimate of drug-likeness (QED) is 0.388. The van der Waals surface area contributed by atoms with Gasteiger partial charge in [-0.15, -0.1) is 0 Å². The molecule has 2 nitrogen and oxygen atoms in total. The van der Waals surface area contributed by atoms with Crippen molar-refractivity contribution in [2.75, 3.05) is 0 Å².